The number of amides is 4. The Hall–Kier alpha value is -6.54. The number of β-amino-alcohol motifs (C(OH)–C–C–N with tert-alkyl or cyclic N) is 1. The minimum absolute atomic E-state index is 0.0000462. The van der Waals surface area contributed by atoms with Crippen LogP contribution < -0.4 is 10.6 Å². The van der Waals surface area contributed by atoms with Crippen LogP contribution in [-0.4, -0.2) is 132 Å². The topological polar surface area (TPSA) is 188 Å². The van der Waals surface area contributed by atoms with Crippen molar-refractivity contribution in [2.24, 2.45) is 5.41 Å². The second kappa shape index (κ2) is 24.2. The third-order valence-electron chi connectivity index (χ3n) is 14.9. The first-order chi connectivity index (χ1) is 36.6. The van der Waals surface area contributed by atoms with Gasteiger partial charge in [-0.1, -0.05) is 70.0 Å². The normalized spacial score (nSPS) is 18.0. The average Bonchev–Trinajstić information content (AvgIpc) is 4.22. The van der Waals surface area contributed by atoms with Crippen molar-refractivity contribution in [3.05, 3.63) is 107 Å². The predicted molar refractivity (Wildman–Crippen MR) is 286 cm³/mol. The van der Waals surface area contributed by atoms with E-state index in [2.05, 4.69) is 25.7 Å². The molecule has 3 aliphatic heterocycles. The Balaban J connectivity index is 0.700. The third kappa shape index (κ3) is 13.0. The lowest BCUT2D eigenvalue weighted by molar-refractivity contribution is -0.144. The van der Waals surface area contributed by atoms with E-state index in [4.69, 9.17) is 9.72 Å². The van der Waals surface area contributed by atoms with Crippen molar-refractivity contribution in [2.75, 3.05) is 45.9 Å². The van der Waals surface area contributed by atoms with E-state index in [9.17, 15) is 24.3 Å². The lowest BCUT2D eigenvalue weighted by atomic mass is 9.85. The number of likely N-dealkylation sites (tertiary alicyclic amines) is 2. The number of aryl methyl sites for hydroxylation is 1. The number of nitrogens with zero attached hydrogens (tertiary/aromatic N) is 8. The van der Waals surface area contributed by atoms with Crippen LogP contribution in [0.3, 0.4) is 0 Å². The Bertz CT molecular complexity index is 3000. The molecular formula is C57H68F2N10O6S. The number of hydrogen-bond acceptors (Lipinski definition) is 12. The van der Waals surface area contributed by atoms with Gasteiger partial charge in [0.15, 0.2) is 0 Å². The highest BCUT2D eigenvalue weighted by Crippen LogP contribution is 2.33. The van der Waals surface area contributed by atoms with E-state index >= 15 is 8.78 Å². The summed E-state index contributed by atoms with van der Waals surface area (Å²) in [6.45, 7) is 11.5. The number of morpholine rings is 1. The van der Waals surface area contributed by atoms with Crippen molar-refractivity contribution in [1.29, 1.82) is 0 Å². The van der Waals surface area contributed by atoms with Gasteiger partial charge in [0.05, 0.1) is 70.6 Å². The van der Waals surface area contributed by atoms with Gasteiger partial charge in [0, 0.05) is 88.0 Å². The summed E-state index contributed by atoms with van der Waals surface area (Å²) in [6.07, 6.45) is 9.52. The minimum Gasteiger partial charge on any atom is -0.391 e. The first-order valence-electron chi connectivity index (χ1n) is 26.5. The molecule has 3 aliphatic rings. The lowest BCUT2D eigenvalue weighted by Gasteiger charge is -2.35. The summed E-state index contributed by atoms with van der Waals surface area (Å²) in [6, 6.07) is 14.4. The minimum atomic E-state index is -0.905. The number of ether oxygens (including phenoxy) is 1. The third-order valence-corrected chi connectivity index (χ3v) is 15.8. The maximum absolute atomic E-state index is 15.5. The lowest BCUT2D eigenvalue weighted by Crippen LogP contribution is -2.57. The van der Waals surface area contributed by atoms with Gasteiger partial charge in [-0.3, -0.25) is 33.7 Å². The molecule has 3 saturated heterocycles. The molecule has 0 unspecified atom stereocenters. The number of halogens is 2. The number of fused-ring (bicyclic) bond motifs is 1. The molecule has 402 valence electrons. The van der Waals surface area contributed by atoms with Gasteiger partial charge in [0.2, 0.25) is 23.6 Å². The maximum atomic E-state index is 15.5. The van der Waals surface area contributed by atoms with Gasteiger partial charge in [-0.25, -0.2) is 18.7 Å². The number of piperidine rings is 1. The molecule has 3 aromatic carbocycles. The fourth-order valence-corrected chi connectivity index (χ4v) is 11.2. The van der Waals surface area contributed by atoms with Crippen molar-refractivity contribution in [2.45, 2.75) is 123 Å². The number of aliphatic hydroxyl groups excluding tert-OH is 1. The van der Waals surface area contributed by atoms with Gasteiger partial charge < -0.3 is 30.3 Å². The number of hydrogen-bond donors (Lipinski definition) is 3. The molecule has 6 heterocycles. The molecule has 76 heavy (non-hydrogen) atoms. The number of para-hydroxylation sites is 1. The summed E-state index contributed by atoms with van der Waals surface area (Å²) < 4.78 is 38.2. The quantitative estimate of drug-likeness (QED) is 0.0708. The standard InChI is InChI=1S/C57H68F2N10O6S/c1-36-53(76-35-62-36)38-16-14-37(15-17-38)29-61-55(73)49-28-42(70)33-68(49)56(74)54(57(2,3)4)65-50(71)12-7-5-6-8-13-51(72)67-20-18-41(19-21-67)69-32-40(30-63-69)48-31-60-47-11-9-10-43(52(47)64-48)39-26-45(58)44(46(59)27-39)34-66-22-24-75-25-23-66/h9-11,14-17,26-27,30-32,35,41-42,49,54,70H,5-8,12-13,18-25,28-29,33-34H2,1-4H3,(H,61,73)(H,65,71)/t42-,49+,54-/m1/s1. The summed E-state index contributed by atoms with van der Waals surface area (Å²) in [5.41, 5.74) is 7.52. The number of thiazole rings is 1. The zero-order valence-corrected chi connectivity index (χ0v) is 44.6. The summed E-state index contributed by atoms with van der Waals surface area (Å²) >= 11 is 1.57. The molecule has 4 amide bonds. The van der Waals surface area contributed by atoms with Gasteiger partial charge in [-0.15, -0.1) is 11.3 Å². The maximum Gasteiger partial charge on any atom is 0.246 e. The highest BCUT2D eigenvalue weighted by atomic mass is 32.1. The van der Waals surface area contributed by atoms with Crippen LogP contribution in [0, 0.1) is 24.0 Å². The van der Waals surface area contributed by atoms with Crippen LogP contribution in [0.25, 0.3) is 43.9 Å². The summed E-state index contributed by atoms with van der Waals surface area (Å²) in [4.78, 5) is 74.4. The molecule has 3 fully saturated rings. The van der Waals surface area contributed by atoms with Crippen LogP contribution in [0.1, 0.15) is 101 Å². The Labute approximate surface area is 446 Å². The molecule has 3 aromatic heterocycles. The van der Waals surface area contributed by atoms with Crippen molar-refractivity contribution < 1.29 is 37.8 Å². The molecule has 16 nitrogen and oxygen atoms in total. The van der Waals surface area contributed by atoms with Crippen molar-refractivity contribution in [3.8, 4) is 32.8 Å². The Morgan fingerprint density at radius 3 is 2.30 bits per heavy atom. The van der Waals surface area contributed by atoms with Gasteiger partial charge in [-0.2, -0.15) is 5.10 Å². The smallest absolute Gasteiger partial charge is 0.246 e. The second-order valence-electron chi connectivity index (χ2n) is 21.4. The Morgan fingerprint density at radius 1 is 0.882 bits per heavy atom. The highest BCUT2D eigenvalue weighted by molar-refractivity contribution is 7.13. The Morgan fingerprint density at radius 2 is 1.61 bits per heavy atom. The highest BCUT2D eigenvalue weighted by Gasteiger charge is 2.44. The monoisotopic (exact) mass is 1060 g/mol. The Kier molecular flexibility index (Phi) is 17.3. The number of carbonyl (C=O) groups is 4. The molecule has 0 spiro atoms. The first kappa shape index (κ1) is 54.3. The molecule has 3 N–H and O–H groups in total. The molecule has 19 heteroatoms. The molecule has 0 radical (unpaired) electrons. The molecule has 6 aromatic rings. The zero-order chi connectivity index (χ0) is 53.5. The largest absolute Gasteiger partial charge is 0.391 e. The average molecular weight is 1060 g/mol. The first-order valence-corrected chi connectivity index (χ1v) is 27.4. The van der Waals surface area contributed by atoms with Crippen molar-refractivity contribution >= 4 is 46.0 Å². The molecule has 0 saturated carbocycles. The number of benzene rings is 3. The summed E-state index contributed by atoms with van der Waals surface area (Å²) in [5, 5.41) is 21.2. The van der Waals surface area contributed by atoms with Crippen LogP contribution in [0.4, 0.5) is 8.78 Å². The SMILES string of the molecule is Cc1ncsc1-c1ccc(CNC(=O)[C@@H]2C[C@@H](O)CN2C(=O)[C@@H](NC(=O)CCCCCCC(=O)N2CCC(n3cc(-c4cnc5cccc(-c6cc(F)c(CN7CCOCC7)c(F)c6)c5n4)cn3)CC2)C(C)(C)C)cc1. The van der Waals surface area contributed by atoms with Crippen LogP contribution >= 0.6 is 11.3 Å². The van der Waals surface area contributed by atoms with Crippen LogP contribution in [-0.2, 0) is 37.0 Å². The second-order valence-corrected chi connectivity index (χ2v) is 22.3. The van der Waals surface area contributed by atoms with Gasteiger partial charge in [0.1, 0.15) is 23.7 Å². The fourth-order valence-electron chi connectivity index (χ4n) is 10.4. The number of unbranched alkanes of at least 4 members (excludes halogenated alkanes) is 3. The molecule has 0 aliphatic carbocycles. The van der Waals surface area contributed by atoms with Crippen LogP contribution in [0.2, 0.25) is 0 Å². The summed E-state index contributed by atoms with van der Waals surface area (Å²) in [5.74, 6) is -2.12. The van der Waals surface area contributed by atoms with Crippen molar-refractivity contribution in [3.63, 3.8) is 0 Å². The molecular weight excluding hydrogens is 991 g/mol. The number of aromatic nitrogens is 5. The number of rotatable bonds is 18. The van der Waals surface area contributed by atoms with E-state index in [1.54, 1.807) is 35.9 Å². The molecule has 9 rings (SSSR count). The van der Waals surface area contributed by atoms with Gasteiger partial charge >= 0.3 is 0 Å². The van der Waals surface area contributed by atoms with Gasteiger partial charge in [-0.05, 0) is 72.9 Å². The zero-order valence-electron chi connectivity index (χ0n) is 43.8. The van der Waals surface area contributed by atoms with Gasteiger partial charge in [0.25, 0.3) is 0 Å². The van der Waals surface area contributed by atoms with E-state index in [-0.39, 0.29) is 61.8 Å². The number of carbonyl (C=O) groups excluding carboxylic acids is 4. The molecule has 3 atom stereocenters. The number of nitrogens with one attached hydrogen (secondary N) is 2. The molecule has 0 bridgehead atoms. The van der Waals surface area contributed by atoms with Crippen LogP contribution in [0.15, 0.2) is 78.7 Å². The van der Waals surface area contributed by atoms with E-state index in [1.807, 2.05) is 84.2 Å². The predicted octanol–water partition coefficient (Wildman–Crippen LogP) is 8.02. The van der Waals surface area contributed by atoms with E-state index < -0.39 is 41.1 Å². The van der Waals surface area contributed by atoms with E-state index in [1.165, 1.54) is 17.0 Å². The fraction of sp³-hybridized carbons (Fsp3) is 0.474. The van der Waals surface area contributed by atoms with E-state index in [0.717, 1.165) is 52.9 Å². The summed E-state index contributed by atoms with van der Waals surface area (Å²) in [7, 11) is 0. The number of aliphatic hydroxyl groups is 1. The van der Waals surface area contributed by atoms with E-state index in [0.29, 0.717) is 86.5 Å². The van der Waals surface area contributed by atoms with Crippen LogP contribution in [0.5, 0.6) is 0 Å². The van der Waals surface area contributed by atoms with Crippen molar-refractivity contribution in [1.82, 2.24) is 50.1 Å².